The highest BCUT2D eigenvalue weighted by atomic mass is 16.6. The fourth-order valence-electron chi connectivity index (χ4n) is 15.6. The number of aliphatic carboxylic acids is 1. The number of piperidine rings is 1. The number of methoxy groups -OCH3 is 4. The molecule has 0 unspecified atom stereocenters. The molecule has 2 aromatic rings. The van der Waals surface area contributed by atoms with Gasteiger partial charge in [-0.05, 0) is 108 Å². The number of nitrogens with zero attached hydrogens (tertiary/aromatic N) is 8. The number of nitrogens with one attached hydrogen (secondary N) is 1. The lowest BCUT2D eigenvalue weighted by molar-refractivity contribution is -0.265. The van der Waals surface area contributed by atoms with E-state index in [4.69, 9.17) is 62.8 Å². The van der Waals surface area contributed by atoms with Crippen molar-refractivity contribution in [1.82, 2.24) is 35.1 Å². The highest BCUT2D eigenvalue weighted by Gasteiger charge is 2.53. The number of esters is 1. The average molecular weight is 1590 g/mol. The number of aromatic nitrogens is 4. The molecule has 0 aromatic carbocycles. The van der Waals surface area contributed by atoms with Crippen molar-refractivity contribution in [2.45, 2.75) is 218 Å². The lowest BCUT2D eigenvalue weighted by Crippen LogP contribution is -2.61. The van der Waals surface area contributed by atoms with Crippen LogP contribution in [0.1, 0.15) is 154 Å². The predicted octanol–water partition coefficient (Wildman–Crippen LogP) is 5.66. The number of Topliss-reactive ketones (excluding diaryl/α,β-unsaturated/α-hetero) is 3. The monoisotopic (exact) mass is 1590 g/mol. The lowest BCUT2D eigenvalue weighted by Gasteiger charge is -2.43. The van der Waals surface area contributed by atoms with Gasteiger partial charge in [-0.15, -0.1) is 0 Å². The fraction of sp³-hybridized carbons (Fsp3) is 0.704. The van der Waals surface area contributed by atoms with Gasteiger partial charge in [0.25, 0.3) is 17.6 Å². The number of carboxylic acid groups (broad SMARTS) is 1. The molecule has 3 amide bonds. The van der Waals surface area contributed by atoms with E-state index >= 15 is 0 Å². The molecule has 6 N–H and O–H groups in total. The van der Waals surface area contributed by atoms with Crippen molar-refractivity contribution in [3.63, 3.8) is 0 Å². The van der Waals surface area contributed by atoms with Gasteiger partial charge in [-0.25, -0.2) is 34.3 Å². The molecule has 0 spiro atoms. The molecule has 8 rings (SSSR count). The second kappa shape index (κ2) is 45.1. The van der Waals surface area contributed by atoms with Crippen LogP contribution in [0.3, 0.4) is 0 Å². The van der Waals surface area contributed by atoms with Gasteiger partial charge in [0.05, 0.1) is 102 Å². The number of carboxylic acids is 1. The Labute approximate surface area is 663 Å². The van der Waals surface area contributed by atoms with Crippen molar-refractivity contribution < 1.29 is 106 Å². The van der Waals surface area contributed by atoms with Crippen LogP contribution in [0.15, 0.2) is 66.2 Å². The van der Waals surface area contributed by atoms with Crippen molar-refractivity contribution in [2.75, 3.05) is 130 Å². The minimum atomic E-state index is -2.49. The number of rotatable bonds is 27. The Kier molecular flexibility index (Phi) is 36.3. The van der Waals surface area contributed by atoms with E-state index in [1.54, 1.807) is 55.0 Å². The first-order chi connectivity index (χ1) is 54.2. The van der Waals surface area contributed by atoms with Gasteiger partial charge in [-0.1, -0.05) is 64.2 Å². The van der Waals surface area contributed by atoms with E-state index in [-0.39, 0.29) is 100 Å². The quantitative estimate of drug-likeness (QED) is 0.0312. The van der Waals surface area contributed by atoms with Crippen LogP contribution >= 0.6 is 0 Å². The smallest absolute Gasteiger partial charge is 0.410 e. The summed E-state index contributed by atoms with van der Waals surface area (Å²) < 4.78 is 64.6. The van der Waals surface area contributed by atoms with Gasteiger partial charge in [0.2, 0.25) is 17.7 Å². The second-order valence-corrected chi connectivity index (χ2v) is 30.8. The van der Waals surface area contributed by atoms with Crippen molar-refractivity contribution >= 4 is 59.1 Å². The van der Waals surface area contributed by atoms with Crippen LogP contribution in [0.4, 0.5) is 16.7 Å². The maximum absolute atomic E-state index is 15.0. The summed E-state index contributed by atoms with van der Waals surface area (Å²) in [6.45, 7) is 16.6. The Balaban J connectivity index is 0.872. The molecule has 17 atom stereocenters. The third-order valence-corrected chi connectivity index (χ3v) is 22.4. The molecule has 5 aliphatic heterocycles. The summed E-state index contributed by atoms with van der Waals surface area (Å²) in [6.07, 6.45) is 13.9. The van der Waals surface area contributed by atoms with Gasteiger partial charge < -0.3 is 98.1 Å². The number of fused-ring (bicyclic) bond motifs is 4. The van der Waals surface area contributed by atoms with Crippen LogP contribution in [-0.4, -0.2) is 286 Å². The van der Waals surface area contributed by atoms with Crippen LogP contribution in [0.5, 0.6) is 0 Å². The molecule has 1 aliphatic carbocycles. The summed E-state index contributed by atoms with van der Waals surface area (Å²) in [5.41, 5.74) is 10.2. The molecule has 3 saturated heterocycles. The van der Waals surface area contributed by atoms with Crippen molar-refractivity contribution in [2.24, 2.45) is 35.3 Å². The number of ether oxygens (including phenoxy) is 11. The van der Waals surface area contributed by atoms with Crippen LogP contribution in [0.25, 0.3) is 0 Å². The first kappa shape index (κ1) is 90.9. The highest BCUT2D eigenvalue weighted by Crippen LogP contribution is 2.39. The van der Waals surface area contributed by atoms with E-state index in [0.29, 0.717) is 146 Å². The van der Waals surface area contributed by atoms with Gasteiger partial charge in [0.15, 0.2) is 5.78 Å². The average Bonchev–Trinajstić information content (AvgIpc) is 0.777. The Morgan fingerprint density at radius 1 is 0.726 bits per heavy atom. The fourth-order valence-corrected chi connectivity index (χ4v) is 15.6. The number of aliphatic hydroxyl groups is 2. The molecule has 6 aliphatic rings. The zero-order chi connectivity index (χ0) is 81.9. The van der Waals surface area contributed by atoms with E-state index in [0.717, 1.165) is 5.57 Å². The van der Waals surface area contributed by atoms with Gasteiger partial charge >= 0.3 is 18.0 Å². The van der Waals surface area contributed by atoms with Crippen LogP contribution in [0, 0.1) is 29.6 Å². The number of anilines is 2. The molecule has 4 fully saturated rings. The van der Waals surface area contributed by atoms with Gasteiger partial charge in [0.1, 0.15) is 42.3 Å². The topological polar surface area (TPSA) is 401 Å². The standard InChI is InChI=1S/C81H122N10O22/c1-50-17-13-12-14-18-51(2)66(103-8)43-60-22-20-55(6)81(102,113-60)73(95)75(97)90-27-16-15-19-63(90)77(100)111-68(44-67(104-9)52(3)40-54(5)71(94)72(106-11)70(93)53(4)39-50)61(82)41-57-21-23-65(69(42-57)105-10)112-80(101)89-28-24-62-59(48-89)47-86-79(87-62)88-29-30-91(64(49-88)76(98)99)78-84-45-58(46-85-78)74(96)83-26-32-108-34-36-110-38-37-109-35-33-107-31-25-56(7)92/h12-14,17-18,40,45-47,50,52-53,55,57,60-61,63-69,71-72,94,102H,15-16,19-39,41-44,48-49,82H2,1-11H3,(H,83,96)(H,98,99)/b14-12?,17-13+,51-18?,54-40+/t50-,52-,53-,55-,57+,60+,61-,63+,64-,65-,66+,67-,68+,69-,71-,72+,81-/m1/s1. The zero-order valence-electron chi connectivity index (χ0n) is 67.7. The minimum Gasteiger partial charge on any atom is -0.480 e. The lowest BCUT2D eigenvalue weighted by atomic mass is 9.80. The number of piperazine rings is 1. The van der Waals surface area contributed by atoms with E-state index in [1.807, 2.05) is 58.1 Å². The van der Waals surface area contributed by atoms with Crippen LogP contribution < -0.4 is 20.9 Å². The molecule has 628 valence electrons. The number of ketones is 3. The number of allylic oxidation sites excluding steroid dienone is 5. The number of hydrogen-bond acceptors (Lipinski definition) is 28. The van der Waals surface area contributed by atoms with E-state index < -0.39 is 126 Å². The zero-order valence-corrected chi connectivity index (χ0v) is 67.7. The van der Waals surface area contributed by atoms with Gasteiger partial charge in [-0.3, -0.25) is 24.0 Å². The van der Waals surface area contributed by atoms with Crippen molar-refractivity contribution in [3.05, 3.63) is 83.0 Å². The van der Waals surface area contributed by atoms with Gasteiger partial charge in [-0.2, -0.15) is 0 Å². The number of carbonyl (C=O) groups excluding carboxylic acids is 7. The van der Waals surface area contributed by atoms with Gasteiger partial charge in [0, 0.05) is 135 Å². The Morgan fingerprint density at radius 2 is 1.42 bits per heavy atom. The number of amides is 3. The second-order valence-electron chi connectivity index (χ2n) is 30.8. The molecule has 32 nitrogen and oxygen atoms in total. The number of nitrogens with two attached hydrogens (primary N) is 1. The Morgan fingerprint density at radius 3 is 2.09 bits per heavy atom. The third kappa shape index (κ3) is 25.9. The number of aliphatic hydroxyl groups excluding tert-OH is 1. The summed E-state index contributed by atoms with van der Waals surface area (Å²) in [5, 5.41) is 37.2. The molecule has 2 bridgehead atoms. The molecular formula is C81H122N10O22. The number of carbonyl (C=O) groups is 8. The maximum atomic E-state index is 15.0. The number of cyclic esters (lactones) is 1. The Hall–Kier alpha value is -7.60. The SMILES string of the molecule is CO[C@H]1C[C@@H]2CC[C@@H](C)[C@@](O)(O2)C(=O)C(=O)N2CCCC[C@H]2C(=O)O[C@H]([C@H](N)C[C@@H]2CC[C@@H](OC(=O)N3CCc4nc(N5CCN(c6ncc(C(=O)NCCOCCOCCOCCOCCC(C)=O)cn6)[C@@H](C(=O)O)C5)ncc4C3)[C@H](OC)C2)C[C@@H](OC)[C@H](C)/C=C(\C)[C@@H](O)[C@@H](OC)C(=O)[C@H](C)C[C@H](C)/C=C/C=CC=C1C. The minimum absolute atomic E-state index is 0.00186. The Bertz CT molecular complexity index is 3590. The van der Waals surface area contributed by atoms with E-state index in [2.05, 4.69) is 20.3 Å². The van der Waals surface area contributed by atoms with Crippen LogP contribution in [-0.2, 0) is 93.8 Å². The summed E-state index contributed by atoms with van der Waals surface area (Å²) >= 11 is 0. The molecule has 2 aromatic heterocycles. The van der Waals surface area contributed by atoms with E-state index in [9.17, 15) is 53.7 Å². The first-order valence-electron chi connectivity index (χ1n) is 39.9. The van der Waals surface area contributed by atoms with E-state index in [1.165, 1.54) is 38.4 Å². The molecule has 113 heavy (non-hydrogen) atoms. The third-order valence-electron chi connectivity index (χ3n) is 22.4. The molecular weight excluding hydrogens is 1460 g/mol. The summed E-state index contributed by atoms with van der Waals surface area (Å²) in [5.74, 6) is -8.60. The molecule has 32 heteroatoms. The maximum Gasteiger partial charge on any atom is 0.410 e. The number of hydrogen-bond donors (Lipinski definition) is 5. The van der Waals surface area contributed by atoms with Crippen molar-refractivity contribution in [3.8, 4) is 0 Å². The summed E-state index contributed by atoms with van der Waals surface area (Å²) in [6, 6.07) is -3.15. The summed E-state index contributed by atoms with van der Waals surface area (Å²) in [4.78, 5) is 133. The largest absolute Gasteiger partial charge is 0.480 e. The molecule has 7 heterocycles. The molecule has 0 radical (unpaired) electrons. The first-order valence-corrected chi connectivity index (χ1v) is 39.9. The molecule has 1 saturated carbocycles. The van der Waals surface area contributed by atoms with Crippen molar-refractivity contribution in [1.29, 1.82) is 0 Å². The van der Waals surface area contributed by atoms with Crippen LogP contribution in [0.2, 0.25) is 0 Å². The normalized spacial score (nSPS) is 30.1. The predicted molar refractivity (Wildman–Crippen MR) is 414 cm³/mol. The highest BCUT2D eigenvalue weighted by molar-refractivity contribution is 6.39. The summed E-state index contributed by atoms with van der Waals surface area (Å²) in [7, 11) is 6.03.